The number of amides is 1. The van der Waals surface area contributed by atoms with Gasteiger partial charge in [-0.15, -0.1) is 0 Å². The molecule has 0 bridgehead atoms. The highest BCUT2D eigenvalue weighted by atomic mass is 16.5. The lowest BCUT2D eigenvalue weighted by Gasteiger charge is -2.37. The molecule has 1 amide bonds. The van der Waals surface area contributed by atoms with E-state index >= 15 is 0 Å². The summed E-state index contributed by atoms with van der Waals surface area (Å²) in [6.07, 6.45) is 6.20. The SMILES string of the molecule is O=C(CCOC1CCNCC1)N(CCO)C1CCC1. The van der Waals surface area contributed by atoms with E-state index in [0.29, 0.717) is 31.7 Å². The smallest absolute Gasteiger partial charge is 0.225 e. The van der Waals surface area contributed by atoms with Gasteiger partial charge < -0.3 is 20.1 Å². The Balaban J connectivity index is 1.66. The second-order valence-electron chi connectivity index (χ2n) is 5.47. The number of hydrogen-bond donors (Lipinski definition) is 2. The van der Waals surface area contributed by atoms with E-state index in [4.69, 9.17) is 9.84 Å². The molecule has 2 rings (SSSR count). The summed E-state index contributed by atoms with van der Waals surface area (Å²) in [5.41, 5.74) is 0. The molecule has 5 heteroatoms. The third kappa shape index (κ3) is 4.44. The minimum atomic E-state index is 0.0530. The summed E-state index contributed by atoms with van der Waals surface area (Å²) in [6, 6.07) is 0.360. The van der Waals surface area contributed by atoms with Crippen LogP contribution in [0.1, 0.15) is 38.5 Å². The third-order valence-corrected chi connectivity index (χ3v) is 4.13. The van der Waals surface area contributed by atoms with Crippen LogP contribution in [-0.2, 0) is 9.53 Å². The number of piperidine rings is 1. The van der Waals surface area contributed by atoms with Gasteiger partial charge in [-0.3, -0.25) is 4.79 Å². The van der Waals surface area contributed by atoms with Crippen molar-refractivity contribution in [1.29, 1.82) is 0 Å². The topological polar surface area (TPSA) is 61.8 Å². The number of hydrogen-bond acceptors (Lipinski definition) is 4. The standard InChI is InChI=1S/C14H26N2O3/c17-10-9-16(12-2-1-3-12)14(18)6-11-19-13-4-7-15-8-5-13/h12-13,15,17H,1-11H2. The minimum Gasteiger partial charge on any atom is -0.395 e. The van der Waals surface area contributed by atoms with Crippen LogP contribution < -0.4 is 5.32 Å². The van der Waals surface area contributed by atoms with Crippen LogP contribution in [0.15, 0.2) is 0 Å². The molecule has 110 valence electrons. The molecule has 0 atom stereocenters. The molecule has 1 saturated carbocycles. The maximum Gasteiger partial charge on any atom is 0.225 e. The van der Waals surface area contributed by atoms with E-state index in [1.165, 1.54) is 6.42 Å². The lowest BCUT2D eigenvalue weighted by molar-refractivity contribution is -0.137. The molecule has 2 fully saturated rings. The van der Waals surface area contributed by atoms with Gasteiger partial charge in [0.1, 0.15) is 0 Å². The first-order valence-electron chi connectivity index (χ1n) is 7.54. The van der Waals surface area contributed by atoms with E-state index in [9.17, 15) is 4.79 Å². The van der Waals surface area contributed by atoms with Crippen LogP contribution in [0.25, 0.3) is 0 Å². The van der Waals surface area contributed by atoms with E-state index in [1.54, 1.807) is 0 Å². The molecule has 1 saturated heterocycles. The fraction of sp³-hybridized carbons (Fsp3) is 0.929. The van der Waals surface area contributed by atoms with Crippen LogP contribution >= 0.6 is 0 Å². The molecule has 0 aromatic carbocycles. The van der Waals surface area contributed by atoms with Crippen molar-refractivity contribution in [2.75, 3.05) is 32.8 Å². The predicted molar refractivity (Wildman–Crippen MR) is 72.9 cm³/mol. The molecule has 1 heterocycles. The number of aliphatic hydroxyl groups excluding tert-OH is 1. The van der Waals surface area contributed by atoms with Gasteiger partial charge in [0, 0.05) is 12.6 Å². The van der Waals surface area contributed by atoms with Crippen LogP contribution in [0, 0.1) is 0 Å². The van der Waals surface area contributed by atoms with Crippen LogP contribution in [-0.4, -0.2) is 60.9 Å². The second kappa shape index (κ2) is 7.82. The Hall–Kier alpha value is -0.650. The summed E-state index contributed by atoms with van der Waals surface area (Å²) in [7, 11) is 0. The van der Waals surface area contributed by atoms with Crippen LogP contribution in [0.2, 0.25) is 0 Å². The zero-order valence-corrected chi connectivity index (χ0v) is 11.6. The van der Waals surface area contributed by atoms with Gasteiger partial charge in [0.2, 0.25) is 5.91 Å². The first kappa shape index (κ1) is 14.8. The van der Waals surface area contributed by atoms with Gasteiger partial charge in [0.15, 0.2) is 0 Å². The molecule has 1 aliphatic heterocycles. The summed E-state index contributed by atoms with van der Waals surface area (Å²) >= 11 is 0. The summed E-state index contributed by atoms with van der Waals surface area (Å²) < 4.78 is 5.76. The van der Waals surface area contributed by atoms with Gasteiger partial charge in [-0.1, -0.05) is 0 Å². The summed E-state index contributed by atoms with van der Waals surface area (Å²) in [5.74, 6) is 0.132. The van der Waals surface area contributed by atoms with E-state index in [-0.39, 0.29) is 12.5 Å². The lowest BCUT2D eigenvalue weighted by Crippen LogP contribution is -2.46. The second-order valence-corrected chi connectivity index (χ2v) is 5.47. The van der Waals surface area contributed by atoms with Crippen molar-refractivity contribution in [3.8, 4) is 0 Å². The first-order valence-corrected chi connectivity index (χ1v) is 7.54. The van der Waals surface area contributed by atoms with Gasteiger partial charge in [-0.05, 0) is 45.2 Å². The van der Waals surface area contributed by atoms with Gasteiger partial charge in [0.05, 0.1) is 25.7 Å². The van der Waals surface area contributed by atoms with Crippen molar-refractivity contribution >= 4 is 5.91 Å². The van der Waals surface area contributed by atoms with E-state index < -0.39 is 0 Å². The summed E-state index contributed by atoms with van der Waals surface area (Å²) in [6.45, 7) is 3.06. The molecule has 0 aromatic heterocycles. The fourth-order valence-corrected chi connectivity index (χ4v) is 2.74. The Morgan fingerprint density at radius 1 is 1.26 bits per heavy atom. The highest BCUT2D eigenvalue weighted by Crippen LogP contribution is 2.25. The maximum absolute atomic E-state index is 12.1. The molecule has 19 heavy (non-hydrogen) atoms. The summed E-state index contributed by atoms with van der Waals surface area (Å²) in [4.78, 5) is 14.0. The number of aliphatic hydroxyl groups is 1. The van der Waals surface area contributed by atoms with Crippen LogP contribution in [0.5, 0.6) is 0 Å². The van der Waals surface area contributed by atoms with Gasteiger partial charge in [-0.25, -0.2) is 0 Å². The van der Waals surface area contributed by atoms with Crippen LogP contribution in [0.3, 0.4) is 0 Å². The molecule has 1 aliphatic carbocycles. The zero-order valence-electron chi connectivity index (χ0n) is 11.6. The highest BCUT2D eigenvalue weighted by molar-refractivity contribution is 5.76. The average molecular weight is 270 g/mol. The van der Waals surface area contributed by atoms with E-state index in [2.05, 4.69) is 5.32 Å². The van der Waals surface area contributed by atoms with Crippen molar-refractivity contribution in [2.45, 2.75) is 50.7 Å². The molecule has 0 unspecified atom stereocenters. The molecule has 0 spiro atoms. The highest BCUT2D eigenvalue weighted by Gasteiger charge is 2.28. The fourth-order valence-electron chi connectivity index (χ4n) is 2.74. The Morgan fingerprint density at radius 2 is 2.00 bits per heavy atom. The van der Waals surface area contributed by atoms with Crippen molar-refractivity contribution in [3.05, 3.63) is 0 Å². The normalized spacial score (nSPS) is 21.1. The molecular weight excluding hydrogens is 244 g/mol. The number of rotatable bonds is 7. The molecular formula is C14H26N2O3. The maximum atomic E-state index is 12.1. The zero-order chi connectivity index (χ0) is 13.5. The van der Waals surface area contributed by atoms with Crippen molar-refractivity contribution in [1.82, 2.24) is 10.2 Å². The summed E-state index contributed by atoms with van der Waals surface area (Å²) in [5, 5.41) is 12.3. The number of ether oxygens (including phenoxy) is 1. The van der Waals surface area contributed by atoms with Crippen molar-refractivity contribution in [3.63, 3.8) is 0 Å². The predicted octanol–water partition coefficient (Wildman–Crippen LogP) is 0.519. The average Bonchev–Trinajstić information content (AvgIpc) is 2.37. The van der Waals surface area contributed by atoms with Gasteiger partial charge in [-0.2, -0.15) is 0 Å². The molecule has 2 aliphatic rings. The third-order valence-electron chi connectivity index (χ3n) is 4.13. The molecule has 2 N–H and O–H groups in total. The Labute approximate surface area is 115 Å². The van der Waals surface area contributed by atoms with Crippen molar-refractivity contribution < 1.29 is 14.6 Å². The number of nitrogens with zero attached hydrogens (tertiary/aromatic N) is 1. The molecule has 5 nitrogen and oxygen atoms in total. The van der Waals surface area contributed by atoms with Gasteiger partial charge in [0.25, 0.3) is 0 Å². The first-order chi connectivity index (χ1) is 9.31. The minimum absolute atomic E-state index is 0.0530. The lowest BCUT2D eigenvalue weighted by atomic mass is 9.91. The van der Waals surface area contributed by atoms with Gasteiger partial charge >= 0.3 is 0 Å². The Bertz CT molecular complexity index is 276. The largest absolute Gasteiger partial charge is 0.395 e. The van der Waals surface area contributed by atoms with E-state index in [1.807, 2.05) is 4.90 Å². The number of carbonyl (C=O) groups excluding carboxylic acids is 1. The quantitative estimate of drug-likeness (QED) is 0.708. The number of nitrogens with one attached hydrogen (secondary N) is 1. The van der Waals surface area contributed by atoms with E-state index in [0.717, 1.165) is 38.8 Å². The number of carbonyl (C=O) groups is 1. The Morgan fingerprint density at radius 3 is 2.58 bits per heavy atom. The molecule has 0 aromatic rings. The van der Waals surface area contributed by atoms with Crippen LogP contribution in [0.4, 0.5) is 0 Å². The Kier molecular flexibility index (Phi) is 6.07. The molecule has 0 radical (unpaired) electrons. The monoisotopic (exact) mass is 270 g/mol. The van der Waals surface area contributed by atoms with Crippen molar-refractivity contribution in [2.24, 2.45) is 0 Å².